The summed E-state index contributed by atoms with van der Waals surface area (Å²) >= 11 is 5.77. The second-order valence-corrected chi connectivity index (χ2v) is 8.42. The van der Waals surface area contributed by atoms with Crippen molar-refractivity contribution < 1.29 is 23.8 Å². The maximum Gasteiger partial charge on any atom is 0.276 e. The van der Waals surface area contributed by atoms with Crippen molar-refractivity contribution in [3.8, 4) is 5.75 Å². The van der Waals surface area contributed by atoms with Crippen LogP contribution >= 0.6 is 11.6 Å². The van der Waals surface area contributed by atoms with Crippen LogP contribution in [0.15, 0.2) is 23.0 Å². The molecule has 31 heavy (non-hydrogen) atoms. The van der Waals surface area contributed by atoms with Crippen molar-refractivity contribution >= 4 is 23.4 Å². The molecule has 1 aromatic heterocycles. The number of nitrogens with zero attached hydrogens (tertiary/aromatic N) is 2. The molecule has 0 aliphatic carbocycles. The van der Waals surface area contributed by atoms with Crippen LogP contribution in [0.2, 0.25) is 5.02 Å². The standard InChI is InChI=1S/C21H19ClFN3O5/c1-9-8-25-20(30)16-18(28)17(27)14(12-5-6-13(26(12)16)21(25)31-9)19(29)24-7-10-3-2-4-11(22)15(10)23/h2-4,9,13,21,28H,5-8H2,1H3,(H,24,29). The number of hydrogen-bond donors (Lipinski definition) is 2. The lowest BCUT2D eigenvalue weighted by atomic mass is 10.1. The normalized spacial score (nSPS) is 23.6. The number of aromatic hydroxyl groups is 1. The quantitative estimate of drug-likeness (QED) is 0.749. The summed E-state index contributed by atoms with van der Waals surface area (Å²) < 4.78 is 21.6. The van der Waals surface area contributed by atoms with Gasteiger partial charge in [-0.25, -0.2) is 4.39 Å². The van der Waals surface area contributed by atoms with Gasteiger partial charge in [-0.1, -0.05) is 23.7 Å². The highest BCUT2D eigenvalue weighted by Gasteiger charge is 2.50. The van der Waals surface area contributed by atoms with Crippen molar-refractivity contribution in [2.24, 2.45) is 0 Å². The monoisotopic (exact) mass is 447 g/mol. The molecule has 4 heterocycles. The Labute approximate surface area is 181 Å². The Morgan fingerprint density at radius 3 is 2.94 bits per heavy atom. The summed E-state index contributed by atoms with van der Waals surface area (Å²) in [6.45, 7) is 2.03. The van der Waals surface area contributed by atoms with E-state index in [-0.39, 0.29) is 40.5 Å². The van der Waals surface area contributed by atoms with E-state index < -0.39 is 35.0 Å². The second kappa shape index (κ2) is 7.06. The fraction of sp³-hybridized carbons (Fsp3) is 0.381. The lowest BCUT2D eigenvalue weighted by molar-refractivity contribution is -0.0308. The first-order chi connectivity index (χ1) is 14.8. The van der Waals surface area contributed by atoms with Gasteiger partial charge in [-0.3, -0.25) is 14.4 Å². The number of carbonyl (C=O) groups is 2. The Hall–Kier alpha value is -2.91. The van der Waals surface area contributed by atoms with Crippen LogP contribution in [0.5, 0.6) is 5.75 Å². The van der Waals surface area contributed by atoms with Crippen molar-refractivity contribution in [2.45, 2.75) is 44.7 Å². The molecule has 0 bridgehead atoms. The average molecular weight is 448 g/mol. The van der Waals surface area contributed by atoms with Crippen LogP contribution in [-0.2, 0) is 17.7 Å². The molecule has 1 saturated heterocycles. The molecule has 3 aliphatic rings. The number of nitrogens with one attached hydrogen (secondary N) is 1. The number of rotatable bonds is 3. The van der Waals surface area contributed by atoms with Gasteiger partial charge in [0.25, 0.3) is 11.8 Å². The second-order valence-electron chi connectivity index (χ2n) is 8.01. The fourth-order valence-corrected chi connectivity index (χ4v) is 4.97. The van der Waals surface area contributed by atoms with Crippen LogP contribution in [-0.4, -0.2) is 45.3 Å². The largest absolute Gasteiger partial charge is 0.503 e. The molecule has 8 nitrogen and oxygen atoms in total. The Morgan fingerprint density at radius 2 is 2.16 bits per heavy atom. The molecule has 5 rings (SSSR count). The van der Waals surface area contributed by atoms with E-state index in [0.717, 1.165) is 0 Å². The van der Waals surface area contributed by atoms with E-state index in [2.05, 4.69) is 5.32 Å². The van der Waals surface area contributed by atoms with Gasteiger partial charge >= 0.3 is 0 Å². The zero-order chi connectivity index (χ0) is 22.0. The third kappa shape index (κ3) is 2.87. The molecule has 1 fully saturated rings. The molecule has 3 aliphatic heterocycles. The predicted molar refractivity (Wildman–Crippen MR) is 108 cm³/mol. The van der Waals surface area contributed by atoms with E-state index >= 15 is 0 Å². The number of fused-ring (bicyclic) bond motifs is 2. The lowest BCUT2D eigenvalue weighted by Gasteiger charge is -2.36. The van der Waals surface area contributed by atoms with Crippen molar-refractivity contribution in [1.82, 2.24) is 14.8 Å². The summed E-state index contributed by atoms with van der Waals surface area (Å²) in [5, 5.41) is 13.0. The summed E-state index contributed by atoms with van der Waals surface area (Å²) in [5.74, 6) is -2.65. The van der Waals surface area contributed by atoms with Crippen LogP contribution in [0, 0.1) is 5.82 Å². The number of pyridine rings is 1. The minimum Gasteiger partial charge on any atom is -0.503 e. The Kier molecular flexibility index (Phi) is 4.56. The maximum absolute atomic E-state index is 14.1. The molecule has 3 unspecified atom stereocenters. The Bertz CT molecular complexity index is 1200. The van der Waals surface area contributed by atoms with Crippen LogP contribution < -0.4 is 10.7 Å². The van der Waals surface area contributed by atoms with Crippen LogP contribution in [0.4, 0.5) is 4.39 Å². The fourth-order valence-electron chi connectivity index (χ4n) is 4.78. The summed E-state index contributed by atoms with van der Waals surface area (Å²) in [4.78, 5) is 40.3. The van der Waals surface area contributed by atoms with E-state index in [1.165, 1.54) is 17.0 Å². The first-order valence-electron chi connectivity index (χ1n) is 9.97. The Morgan fingerprint density at radius 1 is 1.39 bits per heavy atom. The van der Waals surface area contributed by atoms with Crippen molar-refractivity contribution in [2.75, 3.05) is 6.54 Å². The molecular formula is C21H19ClFN3O5. The summed E-state index contributed by atoms with van der Waals surface area (Å²) in [7, 11) is 0. The third-order valence-corrected chi connectivity index (χ3v) is 6.41. The Balaban J connectivity index is 1.54. The minimum absolute atomic E-state index is 0.0754. The van der Waals surface area contributed by atoms with Gasteiger partial charge < -0.3 is 24.6 Å². The van der Waals surface area contributed by atoms with Crippen molar-refractivity contribution in [3.63, 3.8) is 0 Å². The molecule has 0 radical (unpaired) electrons. The number of halogens is 2. The summed E-state index contributed by atoms with van der Waals surface area (Å²) in [6, 6.07) is 4.12. The molecule has 0 spiro atoms. The number of aromatic nitrogens is 1. The SMILES string of the molecule is CC1CN2C(=O)c3c(O)c(=O)c(C(=O)NCc4cccc(Cl)c4F)c4n3C(CC4)C2O1. The zero-order valence-corrected chi connectivity index (χ0v) is 17.3. The summed E-state index contributed by atoms with van der Waals surface area (Å²) in [6.07, 6.45) is 0.253. The number of amides is 2. The molecule has 2 aromatic rings. The molecule has 10 heteroatoms. The highest BCUT2D eigenvalue weighted by molar-refractivity contribution is 6.30. The highest BCUT2D eigenvalue weighted by atomic mass is 35.5. The van der Waals surface area contributed by atoms with Crippen LogP contribution in [0.25, 0.3) is 0 Å². The van der Waals surface area contributed by atoms with Crippen LogP contribution in [0.3, 0.4) is 0 Å². The van der Waals surface area contributed by atoms with E-state index in [1.807, 2.05) is 6.92 Å². The van der Waals surface area contributed by atoms with Gasteiger partial charge in [0.2, 0.25) is 5.43 Å². The van der Waals surface area contributed by atoms with Gasteiger partial charge in [0.15, 0.2) is 17.7 Å². The highest BCUT2D eigenvalue weighted by Crippen LogP contribution is 2.42. The van der Waals surface area contributed by atoms with Gasteiger partial charge in [-0.15, -0.1) is 0 Å². The molecule has 2 N–H and O–H groups in total. The van der Waals surface area contributed by atoms with Crippen molar-refractivity contribution in [3.05, 3.63) is 61.8 Å². The number of hydrogen-bond acceptors (Lipinski definition) is 5. The minimum atomic E-state index is -0.911. The molecule has 2 amide bonds. The van der Waals surface area contributed by atoms with Crippen molar-refractivity contribution in [1.29, 1.82) is 0 Å². The lowest BCUT2D eigenvalue weighted by Crippen LogP contribution is -2.48. The topological polar surface area (TPSA) is 101 Å². The van der Waals surface area contributed by atoms with E-state index in [1.54, 1.807) is 10.6 Å². The number of carbonyl (C=O) groups excluding carboxylic acids is 2. The molecular weight excluding hydrogens is 429 g/mol. The van der Waals surface area contributed by atoms with E-state index in [9.17, 15) is 23.9 Å². The van der Waals surface area contributed by atoms with E-state index in [4.69, 9.17) is 16.3 Å². The summed E-state index contributed by atoms with van der Waals surface area (Å²) in [5.41, 5.74) is -0.710. The number of ether oxygens (including phenoxy) is 1. The average Bonchev–Trinajstić information content (AvgIpc) is 3.33. The predicted octanol–water partition coefficient (Wildman–Crippen LogP) is 1.96. The van der Waals surface area contributed by atoms with Gasteiger partial charge in [0.05, 0.1) is 17.2 Å². The van der Waals surface area contributed by atoms with Gasteiger partial charge in [-0.2, -0.15) is 0 Å². The maximum atomic E-state index is 14.1. The third-order valence-electron chi connectivity index (χ3n) is 6.12. The van der Waals surface area contributed by atoms with Gasteiger partial charge in [-0.05, 0) is 25.8 Å². The first kappa shape index (κ1) is 20.0. The molecule has 1 aromatic carbocycles. The molecule has 162 valence electrons. The van der Waals surface area contributed by atoms with E-state index in [0.29, 0.717) is 25.1 Å². The smallest absolute Gasteiger partial charge is 0.276 e. The first-order valence-corrected chi connectivity index (χ1v) is 10.3. The van der Waals surface area contributed by atoms with Gasteiger partial charge in [0, 0.05) is 24.3 Å². The zero-order valence-electron chi connectivity index (χ0n) is 16.5. The number of benzene rings is 1. The van der Waals surface area contributed by atoms with Crippen LogP contribution in [0.1, 0.15) is 51.5 Å². The molecule has 3 atom stereocenters. The van der Waals surface area contributed by atoms with Gasteiger partial charge in [0.1, 0.15) is 11.4 Å². The molecule has 0 saturated carbocycles.